The predicted molar refractivity (Wildman–Crippen MR) is 116 cm³/mol. The number of ether oxygens (including phenoxy) is 2. The molecular formula is C20H23BrN4O4. The second-order valence-electron chi connectivity index (χ2n) is 6.13. The summed E-state index contributed by atoms with van der Waals surface area (Å²) < 4.78 is 12.0. The highest BCUT2D eigenvalue weighted by atomic mass is 79.9. The lowest BCUT2D eigenvalue weighted by molar-refractivity contribution is -0.118. The first-order valence-electron chi connectivity index (χ1n) is 8.85. The Hall–Kier alpha value is -3.07. The van der Waals surface area contributed by atoms with Crippen LogP contribution < -0.4 is 25.9 Å². The van der Waals surface area contributed by atoms with E-state index in [2.05, 4.69) is 31.8 Å². The molecule has 2 rings (SSSR count). The molecule has 0 saturated heterocycles. The number of rotatable bonds is 8. The van der Waals surface area contributed by atoms with Gasteiger partial charge in [0.15, 0.2) is 18.1 Å². The van der Waals surface area contributed by atoms with Gasteiger partial charge in [-0.15, -0.1) is 0 Å². The zero-order valence-corrected chi connectivity index (χ0v) is 18.0. The number of urea groups is 1. The Morgan fingerprint density at radius 1 is 1.14 bits per heavy atom. The first-order valence-corrected chi connectivity index (χ1v) is 9.64. The Kier molecular flexibility index (Phi) is 8.02. The maximum Gasteiger partial charge on any atom is 0.332 e. The van der Waals surface area contributed by atoms with E-state index in [1.165, 1.54) is 6.21 Å². The minimum Gasteiger partial charge on any atom is -0.490 e. The van der Waals surface area contributed by atoms with Gasteiger partial charge in [0.25, 0.3) is 5.91 Å². The number of nitrogens with one attached hydrogen (secondary N) is 2. The summed E-state index contributed by atoms with van der Waals surface area (Å²) in [6.45, 7) is 6.05. The third kappa shape index (κ3) is 6.79. The van der Waals surface area contributed by atoms with Crippen molar-refractivity contribution in [1.29, 1.82) is 0 Å². The topological polar surface area (TPSA) is 115 Å². The van der Waals surface area contributed by atoms with Gasteiger partial charge in [0.05, 0.1) is 18.5 Å². The molecule has 2 aromatic rings. The average Bonchev–Trinajstić information content (AvgIpc) is 2.65. The summed E-state index contributed by atoms with van der Waals surface area (Å²) in [7, 11) is 0. The Balaban J connectivity index is 2.05. The number of hydrazone groups is 1. The summed E-state index contributed by atoms with van der Waals surface area (Å²) in [5, 5.41) is 6.53. The molecule has 0 heterocycles. The van der Waals surface area contributed by atoms with Crippen molar-refractivity contribution in [2.24, 2.45) is 10.8 Å². The van der Waals surface area contributed by atoms with Gasteiger partial charge in [-0.3, -0.25) is 4.79 Å². The largest absolute Gasteiger partial charge is 0.490 e. The van der Waals surface area contributed by atoms with Crippen LogP contribution in [0.2, 0.25) is 0 Å². The summed E-state index contributed by atoms with van der Waals surface area (Å²) >= 11 is 3.45. The van der Waals surface area contributed by atoms with E-state index in [0.717, 1.165) is 15.6 Å². The number of carbonyl (C=O) groups is 2. The van der Waals surface area contributed by atoms with E-state index < -0.39 is 6.03 Å². The van der Waals surface area contributed by atoms with Crippen LogP contribution in [0.25, 0.3) is 0 Å². The fourth-order valence-electron chi connectivity index (χ4n) is 2.37. The van der Waals surface area contributed by atoms with Gasteiger partial charge < -0.3 is 20.5 Å². The molecule has 29 heavy (non-hydrogen) atoms. The molecule has 4 N–H and O–H groups in total. The van der Waals surface area contributed by atoms with Crippen LogP contribution in [0.1, 0.15) is 23.6 Å². The van der Waals surface area contributed by atoms with Crippen LogP contribution in [-0.4, -0.2) is 31.4 Å². The molecule has 0 atom stereocenters. The summed E-state index contributed by atoms with van der Waals surface area (Å²) in [4.78, 5) is 23.0. The highest BCUT2D eigenvalue weighted by Crippen LogP contribution is 2.29. The first-order chi connectivity index (χ1) is 13.8. The third-order valence-corrected chi connectivity index (χ3v) is 4.53. The molecule has 154 valence electrons. The highest BCUT2D eigenvalue weighted by Gasteiger charge is 2.11. The minimum atomic E-state index is -0.757. The van der Waals surface area contributed by atoms with E-state index in [4.69, 9.17) is 15.2 Å². The summed E-state index contributed by atoms with van der Waals surface area (Å²) in [5.41, 5.74) is 10.6. The van der Waals surface area contributed by atoms with E-state index in [0.29, 0.717) is 29.4 Å². The van der Waals surface area contributed by atoms with Gasteiger partial charge in [0.2, 0.25) is 0 Å². The fraction of sp³-hybridized carbons (Fsp3) is 0.250. The second-order valence-corrected chi connectivity index (χ2v) is 6.98. The summed E-state index contributed by atoms with van der Waals surface area (Å²) in [5.74, 6) is 0.574. The van der Waals surface area contributed by atoms with Gasteiger partial charge in [-0.25, -0.2) is 10.2 Å². The molecule has 8 nitrogen and oxygen atoms in total. The van der Waals surface area contributed by atoms with Crippen LogP contribution in [-0.2, 0) is 4.79 Å². The lowest BCUT2D eigenvalue weighted by Gasteiger charge is -2.14. The van der Waals surface area contributed by atoms with Gasteiger partial charge in [0.1, 0.15) is 0 Å². The summed E-state index contributed by atoms with van der Waals surface area (Å²) in [6, 6.07) is 8.15. The van der Waals surface area contributed by atoms with Crippen molar-refractivity contribution in [3.05, 3.63) is 51.5 Å². The Bertz CT molecular complexity index is 931. The van der Waals surface area contributed by atoms with Gasteiger partial charge in [-0.05, 0) is 83.7 Å². The molecule has 0 aliphatic rings. The number of carbonyl (C=O) groups excluding carboxylic acids is 2. The monoisotopic (exact) mass is 462 g/mol. The van der Waals surface area contributed by atoms with E-state index in [1.54, 1.807) is 18.2 Å². The van der Waals surface area contributed by atoms with Crippen LogP contribution in [0.15, 0.2) is 39.9 Å². The molecule has 9 heteroatoms. The predicted octanol–water partition coefficient (Wildman–Crippen LogP) is 3.48. The van der Waals surface area contributed by atoms with Gasteiger partial charge in [0, 0.05) is 4.47 Å². The number of nitrogens with two attached hydrogens (primary N) is 1. The quantitative estimate of drug-likeness (QED) is 0.411. The molecule has 0 radical (unpaired) electrons. The Morgan fingerprint density at radius 2 is 1.86 bits per heavy atom. The molecule has 0 aliphatic carbocycles. The van der Waals surface area contributed by atoms with Crippen molar-refractivity contribution in [1.82, 2.24) is 5.43 Å². The number of nitrogens with zero attached hydrogens (tertiary/aromatic N) is 1. The number of hydrogen-bond acceptors (Lipinski definition) is 5. The van der Waals surface area contributed by atoms with E-state index in [1.807, 2.05) is 32.9 Å². The Morgan fingerprint density at radius 3 is 2.55 bits per heavy atom. The summed E-state index contributed by atoms with van der Waals surface area (Å²) in [6.07, 6.45) is 1.42. The second kappa shape index (κ2) is 10.5. The number of benzene rings is 2. The lowest BCUT2D eigenvalue weighted by Crippen LogP contribution is -2.24. The van der Waals surface area contributed by atoms with Gasteiger partial charge in [-0.1, -0.05) is 0 Å². The first kappa shape index (κ1) is 22.2. The normalized spacial score (nSPS) is 10.6. The molecular weight excluding hydrogens is 440 g/mol. The van der Waals surface area contributed by atoms with Crippen molar-refractivity contribution in [3.63, 3.8) is 0 Å². The maximum atomic E-state index is 12.3. The smallest absolute Gasteiger partial charge is 0.332 e. The van der Waals surface area contributed by atoms with Crippen molar-refractivity contribution >= 4 is 39.8 Å². The van der Waals surface area contributed by atoms with E-state index in [-0.39, 0.29) is 12.5 Å². The molecule has 0 spiro atoms. The molecule has 2 aromatic carbocycles. The molecule has 0 fully saturated rings. The number of hydrogen-bond donors (Lipinski definition) is 3. The number of anilines is 1. The molecule has 0 aromatic heterocycles. The van der Waals surface area contributed by atoms with Crippen LogP contribution in [0.4, 0.5) is 10.5 Å². The van der Waals surface area contributed by atoms with Crippen molar-refractivity contribution < 1.29 is 19.1 Å². The van der Waals surface area contributed by atoms with Gasteiger partial charge in [-0.2, -0.15) is 5.10 Å². The number of halogens is 1. The van der Waals surface area contributed by atoms with Crippen LogP contribution in [0.3, 0.4) is 0 Å². The van der Waals surface area contributed by atoms with E-state index >= 15 is 0 Å². The zero-order chi connectivity index (χ0) is 21.4. The molecule has 0 aliphatic heterocycles. The van der Waals surface area contributed by atoms with Crippen LogP contribution in [0.5, 0.6) is 11.5 Å². The van der Waals surface area contributed by atoms with Crippen molar-refractivity contribution in [2.45, 2.75) is 20.8 Å². The SMILES string of the molecule is CCOc1cc(/C=N\NC(N)=O)ccc1OCC(=O)Nc1cc(C)c(C)cc1Br. The van der Waals surface area contributed by atoms with E-state index in [9.17, 15) is 9.59 Å². The lowest BCUT2D eigenvalue weighted by atomic mass is 10.1. The van der Waals surface area contributed by atoms with Crippen LogP contribution >= 0.6 is 15.9 Å². The Labute approximate surface area is 177 Å². The fourth-order valence-corrected chi connectivity index (χ4v) is 2.93. The number of amides is 3. The van der Waals surface area contributed by atoms with Crippen molar-refractivity contribution in [3.8, 4) is 11.5 Å². The third-order valence-electron chi connectivity index (χ3n) is 3.87. The molecule has 0 bridgehead atoms. The maximum absolute atomic E-state index is 12.3. The minimum absolute atomic E-state index is 0.184. The number of aryl methyl sites for hydroxylation is 2. The van der Waals surface area contributed by atoms with Crippen LogP contribution in [0, 0.1) is 13.8 Å². The average molecular weight is 463 g/mol. The van der Waals surface area contributed by atoms with Gasteiger partial charge >= 0.3 is 6.03 Å². The molecule has 0 saturated carbocycles. The molecule has 0 unspecified atom stereocenters. The van der Waals surface area contributed by atoms with Crippen molar-refractivity contribution in [2.75, 3.05) is 18.5 Å². The zero-order valence-electron chi connectivity index (χ0n) is 16.4. The highest BCUT2D eigenvalue weighted by molar-refractivity contribution is 9.10. The standard InChI is InChI=1S/C20H23BrN4O4/c1-4-28-18-9-14(10-23-25-20(22)27)5-6-17(18)29-11-19(26)24-16-8-13(3)12(2)7-15(16)21/h5-10H,4,11H2,1-3H3,(H,24,26)(H3,22,25,27)/b23-10-. The number of primary amides is 1. The molecule has 3 amide bonds.